The van der Waals surface area contributed by atoms with Crippen molar-refractivity contribution in [2.45, 2.75) is 59.5 Å². The van der Waals surface area contributed by atoms with Crippen LogP contribution in [0.5, 0.6) is 0 Å². The summed E-state index contributed by atoms with van der Waals surface area (Å²) < 4.78 is 0. The molecule has 0 spiro atoms. The van der Waals surface area contributed by atoms with Crippen LogP contribution in [0.2, 0.25) is 0 Å². The fraction of sp³-hybridized carbons (Fsp3) is 0.579. The Balaban J connectivity index is 2.02. The molecule has 122 valence electrons. The highest BCUT2D eigenvalue weighted by molar-refractivity contribution is 5.36. The molecule has 1 aromatic carbocycles. The van der Waals surface area contributed by atoms with E-state index in [1.165, 1.54) is 36.0 Å². The molecule has 0 aliphatic heterocycles. The second kappa shape index (κ2) is 7.19. The van der Waals surface area contributed by atoms with Crippen LogP contribution in [0, 0.1) is 5.41 Å². The average Bonchev–Trinajstić information content (AvgIpc) is 2.43. The van der Waals surface area contributed by atoms with Crippen LogP contribution in [0.3, 0.4) is 0 Å². The second-order valence-corrected chi connectivity index (χ2v) is 7.70. The molecule has 1 unspecified atom stereocenters. The third kappa shape index (κ3) is 5.06. The normalized spacial score (nSPS) is 18.9. The van der Waals surface area contributed by atoms with Gasteiger partial charge in [-0.3, -0.25) is 0 Å². The molecule has 1 atom stereocenters. The van der Waals surface area contributed by atoms with Crippen LogP contribution < -0.4 is 16.4 Å². The minimum Gasteiger partial charge on any atom is -0.401 e. The Morgan fingerprint density at radius 3 is 2.82 bits per heavy atom. The van der Waals surface area contributed by atoms with Crippen molar-refractivity contribution >= 4 is 0 Å². The predicted octanol–water partition coefficient (Wildman–Crippen LogP) is 3.61. The first-order chi connectivity index (χ1) is 10.3. The second-order valence-electron chi connectivity index (χ2n) is 7.70. The van der Waals surface area contributed by atoms with Crippen molar-refractivity contribution in [3.05, 3.63) is 46.8 Å². The van der Waals surface area contributed by atoms with Crippen molar-refractivity contribution in [2.75, 3.05) is 6.54 Å². The number of allylic oxidation sites excluding steroid dienone is 1. The largest absolute Gasteiger partial charge is 0.401 e. The highest BCUT2D eigenvalue weighted by Gasteiger charge is 2.19. The molecule has 2 rings (SSSR count). The van der Waals surface area contributed by atoms with Crippen LogP contribution >= 0.6 is 0 Å². The molecule has 3 heteroatoms. The fourth-order valence-corrected chi connectivity index (χ4v) is 2.96. The quantitative estimate of drug-likeness (QED) is 0.778. The van der Waals surface area contributed by atoms with Crippen molar-refractivity contribution in [3.63, 3.8) is 0 Å². The molecular weight excluding hydrogens is 270 g/mol. The average molecular weight is 301 g/mol. The van der Waals surface area contributed by atoms with Crippen molar-refractivity contribution < 1.29 is 0 Å². The standard InChI is InChI=1S/C19H31N3/c1-14(20)11-22-18-7-5-6-16-10-15(8-9-17(16)18)12-21-13-19(2,3)4/h8-11,18,21-22H,5-7,12-13,20H2,1-4H3/b14-11-. The number of rotatable bonds is 5. The number of fused-ring (bicyclic) bond motifs is 1. The van der Waals surface area contributed by atoms with Gasteiger partial charge < -0.3 is 16.4 Å². The van der Waals surface area contributed by atoms with Crippen LogP contribution in [-0.2, 0) is 13.0 Å². The van der Waals surface area contributed by atoms with E-state index in [4.69, 9.17) is 5.73 Å². The number of hydrogen-bond acceptors (Lipinski definition) is 3. The Hall–Kier alpha value is -1.48. The van der Waals surface area contributed by atoms with Crippen molar-refractivity contribution in [2.24, 2.45) is 11.1 Å². The van der Waals surface area contributed by atoms with Crippen LogP contribution in [-0.4, -0.2) is 6.54 Å². The molecule has 0 amide bonds. The lowest BCUT2D eigenvalue weighted by Gasteiger charge is -2.27. The van der Waals surface area contributed by atoms with Gasteiger partial charge in [-0.1, -0.05) is 39.0 Å². The van der Waals surface area contributed by atoms with Gasteiger partial charge in [-0.15, -0.1) is 0 Å². The molecule has 0 saturated carbocycles. The first kappa shape index (κ1) is 16.9. The zero-order valence-corrected chi connectivity index (χ0v) is 14.5. The van der Waals surface area contributed by atoms with Crippen LogP contribution in [0.25, 0.3) is 0 Å². The third-order valence-corrected chi connectivity index (χ3v) is 4.02. The monoisotopic (exact) mass is 301 g/mol. The molecule has 0 saturated heterocycles. The molecule has 1 aliphatic rings. The Kier molecular flexibility index (Phi) is 5.52. The van der Waals surface area contributed by atoms with Gasteiger partial charge in [0.25, 0.3) is 0 Å². The zero-order chi connectivity index (χ0) is 16.2. The summed E-state index contributed by atoms with van der Waals surface area (Å²) in [5.41, 5.74) is 11.2. The number of nitrogens with two attached hydrogens (primary N) is 1. The molecule has 1 aromatic rings. The van der Waals surface area contributed by atoms with Gasteiger partial charge >= 0.3 is 0 Å². The van der Waals surface area contributed by atoms with Crippen molar-refractivity contribution in [3.8, 4) is 0 Å². The van der Waals surface area contributed by atoms with Crippen molar-refractivity contribution in [1.82, 2.24) is 10.6 Å². The molecule has 1 aliphatic carbocycles. The van der Waals surface area contributed by atoms with E-state index < -0.39 is 0 Å². The van der Waals surface area contributed by atoms with Gasteiger partial charge in [0.15, 0.2) is 0 Å². The third-order valence-electron chi connectivity index (χ3n) is 4.02. The topological polar surface area (TPSA) is 50.1 Å². The maximum atomic E-state index is 5.73. The summed E-state index contributed by atoms with van der Waals surface area (Å²) in [5.74, 6) is 0. The van der Waals surface area contributed by atoms with Gasteiger partial charge in [-0.25, -0.2) is 0 Å². The summed E-state index contributed by atoms with van der Waals surface area (Å²) in [7, 11) is 0. The molecule has 0 radical (unpaired) electrons. The summed E-state index contributed by atoms with van der Waals surface area (Å²) >= 11 is 0. The summed E-state index contributed by atoms with van der Waals surface area (Å²) in [6, 6.07) is 7.32. The van der Waals surface area contributed by atoms with Crippen molar-refractivity contribution in [1.29, 1.82) is 0 Å². The number of benzene rings is 1. The Morgan fingerprint density at radius 1 is 1.36 bits per heavy atom. The van der Waals surface area contributed by atoms with E-state index in [9.17, 15) is 0 Å². The maximum Gasteiger partial charge on any atom is 0.0511 e. The molecule has 0 aromatic heterocycles. The van der Waals surface area contributed by atoms with Crippen LogP contribution in [0.15, 0.2) is 30.1 Å². The smallest absolute Gasteiger partial charge is 0.0511 e. The van der Waals surface area contributed by atoms with Gasteiger partial charge in [-0.05, 0) is 48.3 Å². The lowest BCUT2D eigenvalue weighted by atomic mass is 9.86. The highest BCUT2D eigenvalue weighted by Crippen LogP contribution is 2.30. The number of nitrogens with one attached hydrogen (secondary N) is 2. The minimum atomic E-state index is 0.329. The van der Waals surface area contributed by atoms with E-state index in [0.29, 0.717) is 11.5 Å². The predicted molar refractivity (Wildman–Crippen MR) is 94.4 cm³/mol. The number of hydrogen-bond donors (Lipinski definition) is 3. The first-order valence-electron chi connectivity index (χ1n) is 8.36. The maximum absolute atomic E-state index is 5.73. The van der Waals surface area contributed by atoms with E-state index in [1.807, 2.05) is 13.1 Å². The van der Waals surface area contributed by atoms with Gasteiger partial charge in [0.05, 0.1) is 6.04 Å². The van der Waals surface area contributed by atoms with E-state index >= 15 is 0 Å². The zero-order valence-electron chi connectivity index (χ0n) is 14.5. The molecular formula is C19H31N3. The van der Waals surface area contributed by atoms with E-state index in [2.05, 4.69) is 49.6 Å². The van der Waals surface area contributed by atoms with E-state index in [-0.39, 0.29) is 0 Å². The molecule has 4 N–H and O–H groups in total. The van der Waals surface area contributed by atoms with Gasteiger partial charge in [0, 0.05) is 25.0 Å². The van der Waals surface area contributed by atoms with Gasteiger partial charge in [-0.2, -0.15) is 0 Å². The van der Waals surface area contributed by atoms with E-state index in [0.717, 1.165) is 18.8 Å². The van der Waals surface area contributed by atoms with Crippen LogP contribution in [0.1, 0.15) is 63.3 Å². The molecule has 0 heterocycles. The lowest BCUT2D eigenvalue weighted by molar-refractivity contribution is 0.379. The Bertz CT molecular complexity index is 522. The Labute approximate surface area is 135 Å². The minimum absolute atomic E-state index is 0.329. The molecule has 3 nitrogen and oxygen atoms in total. The summed E-state index contributed by atoms with van der Waals surface area (Å²) in [5, 5.41) is 7.02. The highest BCUT2D eigenvalue weighted by atomic mass is 14.9. The lowest BCUT2D eigenvalue weighted by Crippen LogP contribution is -2.26. The summed E-state index contributed by atoms with van der Waals surface area (Å²) in [4.78, 5) is 0. The van der Waals surface area contributed by atoms with Gasteiger partial charge in [0.1, 0.15) is 0 Å². The van der Waals surface area contributed by atoms with E-state index in [1.54, 1.807) is 0 Å². The molecule has 0 fully saturated rings. The SMILES string of the molecule is C/C(N)=C/NC1CCCc2cc(CNCC(C)(C)C)ccc21. The number of aryl methyl sites for hydroxylation is 1. The summed E-state index contributed by atoms with van der Waals surface area (Å²) in [6.45, 7) is 10.7. The van der Waals surface area contributed by atoms with Gasteiger partial charge in [0.2, 0.25) is 0 Å². The summed E-state index contributed by atoms with van der Waals surface area (Å²) in [6.07, 6.45) is 5.53. The fourth-order valence-electron chi connectivity index (χ4n) is 2.96. The molecule has 22 heavy (non-hydrogen) atoms. The Morgan fingerprint density at radius 2 is 2.14 bits per heavy atom. The first-order valence-corrected chi connectivity index (χ1v) is 8.36. The molecule has 0 bridgehead atoms. The van der Waals surface area contributed by atoms with Crippen LogP contribution in [0.4, 0.5) is 0 Å².